The molecule has 0 amide bonds. The fourth-order valence-electron chi connectivity index (χ4n) is 3.02. The van der Waals surface area contributed by atoms with Gasteiger partial charge in [-0.15, -0.1) is 0 Å². The zero-order valence-corrected chi connectivity index (χ0v) is 12.6. The van der Waals surface area contributed by atoms with E-state index in [2.05, 4.69) is 10.2 Å². The maximum absolute atomic E-state index is 12.9. The summed E-state index contributed by atoms with van der Waals surface area (Å²) in [6.45, 7) is 2.86. The van der Waals surface area contributed by atoms with E-state index in [1.807, 2.05) is 31.3 Å². The number of sulfonamides is 1. The van der Waals surface area contributed by atoms with Crippen LogP contribution in [0.3, 0.4) is 0 Å². The highest BCUT2D eigenvalue weighted by molar-refractivity contribution is 7.93. The molecule has 0 saturated carbocycles. The molecule has 2 heterocycles. The first-order chi connectivity index (χ1) is 9.60. The van der Waals surface area contributed by atoms with Crippen LogP contribution in [-0.4, -0.2) is 46.9 Å². The third kappa shape index (κ3) is 2.27. The van der Waals surface area contributed by atoms with Crippen LogP contribution in [0.5, 0.6) is 0 Å². The Morgan fingerprint density at radius 1 is 1.10 bits per heavy atom. The normalized spacial score (nSPS) is 20.9. The minimum absolute atomic E-state index is 0.250. The summed E-state index contributed by atoms with van der Waals surface area (Å²) in [5.74, 6) is 0. The lowest BCUT2D eigenvalue weighted by Gasteiger charge is -2.38. The van der Waals surface area contributed by atoms with Gasteiger partial charge in [0, 0.05) is 13.6 Å². The number of hydrogen-bond donors (Lipinski definition) is 1. The van der Waals surface area contributed by atoms with Crippen LogP contribution in [0.15, 0.2) is 24.3 Å². The van der Waals surface area contributed by atoms with E-state index in [-0.39, 0.29) is 5.25 Å². The van der Waals surface area contributed by atoms with Gasteiger partial charge in [-0.05, 0) is 38.1 Å². The van der Waals surface area contributed by atoms with Crippen molar-refractivity contribution in [2.45, 2.75) is 18.1 Å². The molecule has 0 unspecified atom stereocenters. The van der Waals surface area contributed by atoms with Crippen molar-refractivity contribution >= 4 is 21.4 Å². The molecular formula is C14H21N3O2S. The highest BCUT2D eigenvalue weighted by Gasteiger charge is 2.36. The molecule has 1 saturated heterocycles. The Morgan fingerprint density at radius 2 is 1.75 bits per heavy atom. The molecule has 0 radical (unpaired) electrons. The van der Waals surface area contributed by atoms with Crippen molar-refractivity contribution in [3.63, 3.8) is 0 Å². The summed E-state index contributed by atoms with van der Waals surface area (Å²) >= 11 is 0. The first-order valence-corrected chi connectivity index (χ1v) is 8.63. The second kappa shape index (κ2) is 5.26. The molecular weight excluding hydrogens is 274 g/mol. The smallest absolute Gasteiger partial charge is 0.238 e. The first kappa shape index (κ1) is 13.7. The van der Waals surface area contributed by atoms with E-state index in [0.717, 1.165) is 31.0 Å². The van der Waals surface area contributed by atoms with Gasteiger partial charge in [-0.3, -0.25) is 4.31 Å². The lowest BCUT2D eigenvalue weighted by Crippen LogP contribution is -2.48. The minimum Gasteiger partial charge on any atom is -0.371 e. The highest BCUT2D eigenvalue weighted by atomic mass is 32.2. The Labute approximate surface area is 120 Å². The Balaban J connectivity index is 1.96. The number of rotatable bonds is 2. The number of nitrogens with zero attached hydrogens (tertiary/aromatic N) is 2. The first-order valence-electron chi connectivity index (χ1n) is 7.13. The molecule has 1 N–H and O–H groups in total. The second-order valence-electron chi connectivity index (χ2n) is 5.48. The van der Waals surface area contributed by atoms with Crippen molar-refractivity contribution in [3.05, 3.63) is 24.3 Å². The maximum atomic E-state index is 12.9. The van der Waals surface area contributed by atoms with Gasteiger partial charge in [-0.2, -0.15) is 0 Å². The van der Waals surface area contributed by atoms with Crippen LogP contribution in [0.1, 0.15) is 12.8 Å². The molecule has 3 rings (SSSR count). The zero-order chi connectivity index (χ0) is 14.2. The molecule has 110 valence electrons. The molecule has 1 aromatic rings. The van der Waals surface area contributed by atoms with Gasteiger partial charge in [0.05, 0.1) is 23.2 Å². The van der Waals surface area contributed by atoms with Gasteiger partial charge in [-0.1, -0.05) is 12.1 Å². The van der Waals surface area contributed by atoms with Gasteiger partial charge in [0.1, 0.15) is 0 Å². The van der Waals surface area contributed by atoms with Crippen molar-refractivity contribution in [2.24, 2.45) is 0 Å². The van der Waals surface area contributed by atoms with Gasteiger partial charge >= 0.3 is 0 Å². The maximum Gasteiger partial charge on any atom is 0.238 e. The molecule has 0 atom stereocenters. The molecule has 2 aliphatic rings. The molecule has 6 heteroatoms. The Morgan fingerprint density at radius 3 is 2.45 bits per heavy atom. The van der Waals surface area contributed by atoms with Crippen LogP contribution in [0.4, 0.5) is 11.4 Å². The lowest BCUT2D eigenvalue weighted by atomic mass is 10.2. The summed E-state index contributed by atoms with van der Waals surface area (Å²) in [4.78, 5) is 2.11. The number of piperidine rings is 1. The van der Waals surface area contributed by atoms with Crippen molar-refractivity contribution in [2.75, 3.05) is 42.4 Å². The minimum atomic E-state index is -3.26. The fraction of sp³-hybridized carbons (Fsp3) is 0.571. The number of para-hydroxylation sites is 2. The predicted octanol–water partition coefficient (Wildman–Crippen LogP) is 1.02. The van der Waals surface area contributed by atoms with Gasteiger partial charge in [0.2, 0.25) is 10.0 Å². The van der Waals surface area contributed by atoms with E-state index < -0.39 is 10.0 Å². The van der Waals surface area contributed by atoms with Gasteiger partial charge in [-0.25, -0.2) is 8.42 Å². The van der Waals surface area contributed by atoms with Crippen molar-refractivity contribution in [1.82, 2.24) is 5.32 Å². The molecule has 0 bridgehead atoms. The van der Waals surface area contributed by atoms with E-state index in [0.29, 0.717) is 19.4 Å². The standard InChI is InChI=1S/C14H21N3O2S/c1-16-10-11-17(14-5-3-2-4-13(14)16)20(18,19)12-6-8-15-9-7-12/h2-5,12,15H,6-11H2,1H3. The van der Waals surface area contributed by atoms with Crippen molar-refractivity contribution in [1.29, 1.82) is 0 Å². The van der Waals surface area contributed by atoms with E-state index in [1.54, 1.807) is 4.31 Å². The van der Waals surface area contributed by atoms with Crippen molar-refractivity contribution in [3.8, 4) is 0 Å². The van der Waals surface area contributed by atoms with Crippen LogP contribution >= 0.6 is 0 Å². The Bertz CT molecular complexity index is 582. The molecule has 1 fully saturated rings. The monoisotopic (exact) mass is 295 g/mol. The number of fused-ring (bicyclic) bond motifs is 1. The Hall–Kier alpha value is -1.27. The third-order valence-electron chi connectivity index (χ3n) is 4.21. The molecule has 0 aromatic heterocycles. The molecule has 20 heavy (non-hydrogen) atoms. The quantitative estimate of drug-likeness (QED) is 0.885. The van der Waals surface area contributed by atoms with Crippen LogP contribution < -0.4 is 14.5 Å². The van der Waals surface area contributed by atoms with Crippen molar-refractivity contribution < 1.29 is 8.42 Å². The number of benzene rings is 1. The molecule has 2 aliphatic heterocycles. The predicted molar refractivity (Wildman–Crippen MR) is 81.9 cm³/mol. The zero-order valence-electron chi connectivity index (χ0n) is 11.7. The third-order valence-corrected chi connectivity index (χ3v) is 6.52. The highest BCUT2D eigenvalue weighted by Crippen LogP contribution is 2.35. The van der Waals surface area contributed by atoms with Crippen LogP contribution in [0.2, 0.25) is 0 Å². The molecule has 1 aromatic carbocycles. The average Bonchev–Trinajstić information content (AvgIpc) is 2.48. The SMILES string of the molecule is CN1CCN(S(=O)(=O)C2CCNCC2)c2ccccc21. The van der Waals surface area contributed by atoms with E-state index in [4.69, 9.17) is 0 Å². The summed E-state index contributed by atoms with van der Waals surface area (Å²) in [7, 11) is -1.25. The van der Waals surface area contributed by atoms with Crippen LogP contribution in [-0.2, 0) is 10.0 Å². The number of hydrogen-bond acceptors (Lipinski definition) is 4. The summed E-state index contributed by atoms with van der Waals surface area (Å²) < 4.78 is 27.4. The van der Waals surface area contributed by atoms with Crippen LogP contribution in [0, 0.1) is 0 Å². The molecule has 0 spiro atoms. The lowest BCUT2D eigenvalue weighted by molar-refractivity contribution is 0.493. The van der Waals surface area contributed by atoms with Gasteiger partial charge < -0.3 is 10.2 Å². The van der Waals surface area contributed by atoms with E-state index >= 15 is 0 Å². The number of nitrogens with one attached hydrogen (secondary N) is 1. The molecule has 0 aliphatic carbocycles. The fourth-order valence-corrected chi connectivity index (χ4v) is 4.97. The summed E-state index contributed by atoms with van der Waals surface area (Å²) in [6.07, 6.45) is 1.41. The van der Waals surface area contributed by atoms with Gasteiger partial charge in [0.15, 0.2) is 0 Å². The largest absolute Gasteiger partial charge is 0.371 e. The average molecular weight is 295 g/mol. The summed E-state index contributed by atoms with van der Waals surface area (Å²) in [6, 6.07) is 7.75. The van der Waals surface area contributed by atoms with E-state index in [9.17, 15) is 8.42 Å². The number of anilines is 2. The Kier molecular flexibility index (Phi) is 3.60. The van der Waals surface area contributed by atoms with Gasteiger partial charge in [0.25, 0.3) is 0 Å². The summed E-state index contributed by atoms with van der Waals surface area (Å²) in [5, 5.41) is 2.97. The number of likely N-dealkylation sites (N-methyl/N-ethyl adjacent to an activating group) is 1. The van der Waals surface area contributed by atoms with Crippen LogP contribution in [0.25, 0.3) is 0 Å². The molecule has 5 nitrogen and oxygen atoms in total. The summed E-state index contributed by atoms with van der Waals surface area (Å²) in [5.41, 5.74) is 1.82. The second-order valence-corrected chi connectivity index (χ2v) is 7.61. The van der Waals surface area contributed by atoms with E-state index in [1.165, 1.54) is 0 Å². The topological polar surface area (TPSA) is 52.7 Å².